The Morgan fingerprint density at radius 2 is 1.39 bits per heavy atom. The van der Waals surface area contributed by atoms with Crippen LogP contribution in [0.2, 0.25) is 0 Å². The third-order valence-electron chi connectivity index (χ3n) is 6.93. The van der Waals surface area contributed by atoms with Gasteiger partial charge in [-0.1, -0.05) is 72.8 Å². The second-order valence-corrected chi connectivity index (χ2v) is 9.35. The van der Waals surface area contributed by atoms with Crippen molar-refractivity contribution in [1.29, 1.82) is 0 Å². The Hall–Kier alpha value is -4.54. The van der Waals surface area contributed by atoms with Crippen molar-refractivity contribution in [2.24, 2.45) is 9.98 Å². The van der Waals surface area contributed by atoms with Gasteiger partial charge in [0.15, 0.2) is 0 Å². The molecule has 0 amide bonds. The Kier molecular flexibility index (Phi) is 4.79. The van der Waals surface area contributed by atoms with Crippen LogP contribution in [0, 0.1) is 0 Å². The van der Waals surface area contributed by atoms with Crippen LogP contribution in [0.15, 0.2) is 137 Å². The summed E-state index contributed by atoms with van der Waals surface area (Å²) in [5, 5.41) is 5.97. The van der Waals surface area contributed by atoms with Gasteiger partial charge in [-0.25, -0.2) is 9.98 Å². The summed E-state index contributed by atoms with van der Waals surface area (Å²) in [6.07, 6.45) is 19.3. The van der Waals surface area contributed by atoms with Crippen molar-refractivity contribution in [3.63, 3.8) is 0 Å². The number of rotatable bonds is 2. The summed E-state index contributed by atoms with van der Waals surface area (Å²) in [6.45, 7) is 0. The lowest BCUT2D eigenvalue weighted by Gasteiger charge is -2.29. The number of aromatic amines is 1. The zero-order valence-electron chi connectivity index (χ0n) is 19.6. The molecule has 8 bridgehead atoms. The van der Waals surface area contributed by atoms with Crippen molar-refractivity contribution >= 4 is 29.1 Å². The van der Waals surface area contributed by atoms with Crippen molar-refractivity contribution < 1.29 is 0 Å². The van der Waals surface area contributed by atoms with Gasteiger partial charge in [0.05, 0.1) is 34.4 Å². The first-order valence-electron chi connectivity index (χ1n) is 12.2. The Morgan fingerprint density at radius 1 is 0.694 bits per heavy atom. The molecule has 4 heteroatoms. The van der Waals surface area contributed by atoms with Gasteiger partial charge in [-0.15, -0.1) is 0 Å². The molecule has 4 nitrogen and oxygen atoms in total. The molecule has 1 aromatic heterocycles. The molecule has 2 aromatic carbocycles. The van der Waals surface area contributed by atoms with Crippen LogP contribution in [0.4, 0.5) is 0 Å². The van der Waals surface area contributed by atoms with E-state index in [1.54, 1.807) is 0 Å². The Balaban J connectivity index is 1.47. The van der Waals surface area contributed by atoms with Crippen LogP contribution in [-0.4, -0.2) is 22.4 Å². The largest absolute Gasteiger partial charge is 0.355 e. The number of aliphatic imine (C=N–C) groups is 2. The minimum Gasteiger partial charge on any atom is -0.355 e. The number of nitrogens with zero attached hydrogens (tertiary/aromatic N) is 2. The zero-order chi connectivity index (χ0) is 24.0. The van der Waals surface area contributed by atoms with Gasteiger partial charge >= 0.3 is 0 Å². The third-order valence-corrected chi connectivity index (χ3v) is 6.93. The number of fused-ring (bicyclic) bond motifs is 6. The van der Waals surface area contributed by atoms with E-state index in [0.29, 0.717) is 0 Å². The number of benzene rings is 2. The molecule has 3 aromatic rings. The molecule has 0 aliphatic carbocycles. The van der Waals surface area contributed by atoms with Crippen molar-refractivity contribution in [3.05, 3.63) is 149 Å². The topological polar surface area (TPSA) is 52.5 Å². The van der Waals surface area contributed by atoms with Gasteiger partial charge < -0.3 is 4.98 Å². The predicted octanol–water partition coefficient (Wildman–Crippen LogP) is 4.33. The fourth-order valence-corrected chi connectivity index (χ4v) is 5.25. The average molecular weight is 465 g/mol. The lowest BCUT2D eigenvalue weighted by atomic mass is 9.89. The average Bonchev–Trinajstić information content (AvgIpc) is 3.71. The Labute approximate surface area is 209 Å². The van der Waals surface area contributed by atoms with E-state index in [1.165, 1.54) is 5.56 Å². The molecule has 0 spiro atoms. The first kappa shape index (κ1) is 20.8. The van der Waals surface area contributed by atoms with E-state index < -0.39 is 5.54 Å². The molecule has 7 rings (SSSR count). The van der Waals surface area contributed by atoms with Gasteiger partial charge in [0.2, 0.25) is 0 Å². The molecule has 4 aliphatic heterocycles. The number of nitrogens with one attached hydrogen (secondary N) is 2. The smallest absolute Gasteiger partial charge is 0.0839 e. The molecule has 2 unspecified atom stereocenters. The summed E-state index contributed by atoms with van der Waals surface area (Å²) in [6, 6.07) is 25.2. The lowest BCUT2D eigenvalue weighted by Crippen LogP contribution is -2.40. The molecular weight excluding hydrogens is 440 g/mol. The molecule has 172 valence electrons. The zero-order valence-corrected chi connectivity index (χ0v) is 19.6. The van der Waals surface area contributed by atoms with Crippen LogP contribution in [0.3, 0.4) is 0 Å². The molecule has 2 N–H and O–H groups in total. The molecule has 5 heterocycles. The van der Waals surface area contributed by atoms with E-state index >= 15 is 0 Å². The highest BCUT2D eigenvalue weighted by molar-refractivity contribution is 6.20. The second-order valence-electron chi connectivity index (χ2n) is 9.35. The number of hydrogen-bond donors (Lipinski definition) is 2. The van der Waals surface area contributed by atoms with Crippen molar-refractivity contribution in [1.82, 2.24) is 10.3 Å². The van der Waals surface area contributed by atoms with Gasteiger partial charge in [0.1, 0.15) is 0 Å². The standard InChI is InChI=1S/C32H24N4/c1-3-7-22(8-4-1)31-29-16-15-27(35-29)20-25-12-11-24(33-25)19-26-13-14-28(34-26)21-32(18-17-30(31)36-32)23-9-5-2-6-10-23/h1-21,30,33,36H. The fourth-order valence-electron chi connectivity index (χ4n) is 5.25. The van der Waals surface area contributed by atoms with Crippen LogP contribution in [-0.2, 0) is 5.54 Å². The molecule has 0 radical (unpaired) electrons. The van der Waals surface area contributed by atoms with Crippen LogP contribution < -0.4 is 16.0 Å². The van der Waals surface area contributed by atoms with Gasteiger partial charge in [0, 0.05) is 16.3 Å². The number of allylic oxidation sites excluding steroid dienone is 4. The molecular formula is C32H24N4. The van der Waals surface area contributed by atoms with Crippen molar-refractivity contribution in [2.45, 2.75) is 11.6 Å². The highest BCUT2D eigenvalue weighted by Crippen LogP contribution is 2.37. The highest BCUT2D eigenvalue weighted by atomic mass is 15.0. The van der Waals surface area contributed by atoms with Gasteiger partial charge in [0.25, 0.3) is 0 Å². The summed E-state index contributed by atoms with van der Waals surface area (Å²) in [4.78, 5) is 13.4. The van der Waals surface area contributed by atoms with Gasteiger partial charge in [-0.05, 0) is 65.8 Å². The fraction of sp³-hybridized carbons (Fsp3) is 0.0625. The van der Waals surface area contributed by atoms with Crippen LogP contribution in [0.25, 0.3) is 17.7 Å². The Bertz CT molecular complexity index is 1690. The summed E-state index contributed by atoms with van der Waals surface area (Å²) in [7, 11) is 0. The second kappa shape index (κ2) is 8.29. The maximum absolute atomic E-state index is 5.04. The molecule has 2 atom stereocenters. The van der Waals surface area contributed by atoms with E-state index in [9.17, 15) is 0 Å². The predicted molar refractivity (Wildman–Crippen MR) is 148 cm³/mol. The molecule has 0 fully saturated rings. The monoisotopic (exact) mass is 464 g/mol. The normalized spacial score (nSPS) is 23.8. The van der Waals surface area contributed by atoms with Crippen LogP contribution in [0.1, 0.15) is 11.1 Å². The van der Waals surface area contributed by atoms with Gasteiger partial charge in [-0.3, -0.25) is 5.32 Å². The van der Waals surface area contributed by atoms with Crippen molar-refractivity contribution in [3.8, 4) is 0 Å². The Morgan fingerprint density at radius 3 is 2.17 bits per heavy atom. The number of hydrogen-bond acceptors (Lipinski definition) is 3. The van der Waals surface area contributed by atoms with Crippen LogP contribution in [0.5, 0.6) is 0 Å². The molecule has 0 saturated heterocycles. The molecule has 36 heavy (non-hydrogen) atoms. The van der Waals surface area contributed by atoms with E-state index in [0.717, 1.165) is 44.7 Å². The lowest BCUT2D eigenvalue weighted by molar-refractivity contribution is 0.535. The van der Waals surface area contributed by atoms with Crippen LogP contribution >= 0.6 is 0 Å². The van der Waals surface area contributed by atoms with E-state index in [2.05, 4.69) is 138 Å². The summed E-state index contributed by atoms with van der Waals surface area (Å²) in [5.74, 6) is 0. The SMILES string of the molecule is C1=CC2=NC1=CC1(c3ccccc3)C=CC(N1)C(c1ccccc1)=C1C=CC(=N1)C=c1ccc([nH]1)=C2. The number of H-pyrrole nitrogens is 1. The quantitative estimate of drug-likeness (QED) is 0.545. The number of aromatic nitrogens is 1. The minimum absolute atomic E-state index is 0.0300. The summed E-state index contributed by atoms with van der Waals surface area (Å²) < 4.78 is 0. The first-order chi connectivity index (χ1) is 17.7. The third kappa shape index (κ3) is 3.69. The van der Waals surface area contributed by atoms with E-state index in [-0.39, 0.29) is 6.04 Å². The van der Waals surface area contributed by atoms with Crippen molar-refractivity contribution in [2.75, 3.05) is 0 Å². The maximum atomic E-state index is 5.04. The van der Waals surface area contributed by atoms with Gasteiger partial charge in [-0.2, -0.15) is 0 Å². The highest BCUT2D eigenvalue weighted by Gasteiger charge is 2.37. The summed E-state index contributed by atoms with van der Waals surface area (Å²) >= 11 is 0. The summed E-state index contributed by atoms with van der Waals surface area (Å²) in [5.41, 5.74) is 6.73. The molecule has 0 saturated carbocycles. The minimum atomic E-state index is -0.497. The molecule has 4 aliphatic rings. The van der Waals surface area contributed by atoms with E-state index in [1.807, 2.05) is 0 Å². The maximum Gasteiger partial charge on any atom is 0.0839 e. The van der Waals surface area contributed by atoms with E-state index in [4.69, 9.17) is 9.98 Å². The first-order valence-corrected chi connectivity index (χ1v) is 12.2.